The number of nitrogens with zero attached hydrogens (tertiary/aromatic N) is 6. The Balaban J connectivity index is 1.62. The molecule has 0 spiro atoms. The van der Waals surface area contributed by atoms with Gasteiger partial charge in [0.1, 0.15) is 17.5 Å². The monoisotopic (exact) mass is 465 g/mol. The van der Waals surface area contributed by atoms with Gasteiger partial charge in [-0.15, -0.1) is 0 Å². The third kappa shape index (κ3) is 5.27. The Bertz CT molecular complexity index is 1260. The molecule has 9 nitrogen and oxygen atoms in total. The highest BCUT2D eigenvalue weighted by Crippen LogP contribution is 2.27. The number of amides is 1. The Morgan fingerprint density at radius 2 is 1.97 bits per heavy atom. The number of fused-ring (bicyclic) bond motifs is 1. The van der Waals surface area contributed by atoms with Crippen molar-refractivity contribution in [2.45, 2.75) is 19.4 Å². The zero-order valence-corrected chi connectivity index (χ0v) is 19.3. The number of pyridine rings is 1. The first-order valence-corrected chi connectivity index (χ1v) is 10.8. The summed E-state index contributed by atoms with van der Waals surface area (Å²) in [4.78, 5) is 27.9. The first-order valence-electron chi connectivity index (χ1n) is 10.4. The van der Waals surface area contributed by atoms with Crippen LogP contribution in [0.2, 0.25) is 5.02 Å². The molecule has 1 aromatic carbocycles. The summed E-state index contributed by atoms with van der Waals surface area (Å²) in [5.41, 5.74) is 2.22. The summed E-state index contributed by atoms with van der Waals surface area (Å²) >= 11 is 6.34. The maximum atomic E-state index is 13.0. The lowest BCUT2D eigenvalue weighted by molar-refractivity contribution is -0.123. The zero-order valence-electron chi connectivity index (χ0n) is 18.6. The van der Waals surface area contributed by atoms with E-state index in [1.165, 1.54) is 6.33 Å². The molecule has 0 saturated heterocycles. The molecule has 0 saturated carbocycles. The molecule has 3 heterocycles. The number of hydrogen-bond acceptors (Lipinski definition) is 7. The number of rotatable bonds is 8. The Morgan fingerprint density at radius 1 is 1.15 bits per heavy atom. The van der Waals surface area contributed by atoms with Crippen molar-refractivity contribution in [1.82, 2.24) is 29.6 Å². The first-order chi connectivity index (χ1) is 15.9. The number of carbonyl (C=O) groups is 1. The average Bonchev–Trinajstić information content (AvgIpc) is 3.23. The molecular formula is C23H24ClN7O2. The van der Waals surface area contributed by atoms with Gasteiger partial charge in [-0.25, -0.2) is 19.6 Å². The highest BCUT2D eigenvalue weighted by Gasteiger charge is 2.24. The Morgan fingerprint density at radius 3 is 2.70 bits per heavy atom. The molecule has 1 amide bonds. The minimum absolute atomic E-state index is 0.272. The molecule has 33 heavy (non-hydrogen) atoms. The van der Waals surface area contributed by atoms with Crippen LogP contribution in [0, 0.1) is 6.92 Å². The van der Waals surface area contributed by atoms with Crippen LogP contribution in [0.5, 0.6) is 5.88 Å². The normalized spacial score (nSPS) is 12.2. The van der Waals surface area contributed by atoms with E-state index in [1.54, 1.807) is 29.2 Å². The van der Waals surface area contributed by atoms with E-state index in [4.69, 9.17) is 16.3 Å². The van der Waals surface area contributed by atoms with Gasteiger partial charge in [-0.05, 0) is 44.8 Å². The SMILES string of the molecule is Cc1ccc(NC(=O)[C@@H](CCN(C)C)Oc2ncnc3c2cnn3-c2ccccc2Cl)nc1. The van der Waals surface area contributed by atoms with Crippen LogP contribution in [0.15, 0.2) is 55.1 Å². The molecule has 0 aliphatic carbocycles. The van der Waals surface area contributed by atoms with Gasteiger partial charge in [0, 0.05) is 19.2 Å². The second-order valence-corrected chi connectivity index (χ2v) is 8.24. The van der Waals surface area contributed by atoms with Crippen molar-refractivity contribution >= 4 is 34.4 Å². The van der Waals surface area contributed by atoms with Crippen molar-refractivity contribution in [1.29, 1.82) is 0 Å². The van der Waals surface area contributed by atoms with Gasteiger partial charge >= 0.3 is 0 Å². The average molecular weight is 466 g/mol. The maximum Gasteiger partial charge on any atom is 0.266 e. The van der Waals surface area contributed by atoms with Crippen LogP contribution in [0.3, 0.4) is 0 Å². The second-order valence-electron chi connectivity index (χ2n) is 7.83. The molecule has 1 N–H and O–H groups in total. The van der Waals surface area contributed by atoms with Gasteiger partial charge in [0.25, 0.3) is 5.91 Å². The molecule has 170 valence electrons. The van der Waals surface area contributed by atoms with Gasteiger partial charge in [-0.3, -0.25) is 4.79 Å². The molecule has 1 atom stereocenters. The van der Waals surface area contributed by atoms with Gasteiger partial charge in [0.2, 0.25) is 5.88 Å². The highest BCUT2D eigenvalue weighted by molar-refractivity contribution is 6.32. The summed E-state index contributed by atoms with van der Waals surface area (Å²) in [5.74, 6) is 0.427. The molecule has 4 aromatic rings. The molecule has 0 unspecified atom stereocenters. The van der Waals surface area contributed by atoms with E-state index in [0.29, 0.717) is 40.5 Å². The van der Waals surface area contributed by atoms with Gasteiger partial charge in [-0.1, -0.05) is 29.8 Å². The summed E-state index contributed by atoms with van der Waals surface area (Å²) in [6.45, 7) is 2.58. The van der Waals surface area contributed by atoms with Crippen molar-refractivity contribution in [3.8, 4) is 11.6 Å². The Hall–Kier alpha value is -3.56. The third-order valence-electron chi connectivity index (χ3n) is 4.96. The largest absolute Gasteiger partial charge is 0.464 e. The molecule has 4 rings (SSSR count). The quantitative estimate of drug-likeness (QED) is 0.425. The molecule has 0 bridgehead atoms. The number of aromatic nitrogens is 5. The van der Waals surface area contributed by atoms with Crippen LogP contribution in [0.25, 0.3) is 16.7 Å². The minimum Gasteiger partial charge on any atom is -0.464 e. The Labute approximate surface area is 196 Å². The molecule has 0 fully saturated rings. The van der Waals surface area contributed by atoms with Crippen LogP contribution in [-0.4, -0.2) is 62.3 Å². The number of hydrogen-bond donors (Lipinski definition) is 1. The van der Waals surface area contributed by atoms with Crippen LogP contribution in [-0.2, 0) is 4.79 Å². The number of aryl methyl sites for hydroxylation is 1. The fourth-order valence-corrected chi connectivity index (χ4v) is 3.43. The van der Waals surface area contributed by atoms with Gasteiger partial charge in [-0.2, -0.15) is 5.10 Å². The van der Waals surface area contributed by atoms with E-state index in [2.05, 4.69) is 25.4 Å². The van der Waals surface area contributed by atoms with Crippen molar-refractivity contribution < 1.29 is 9.53 Å². The highest BCUT2D eigenvalue weighted by atomic mass is 35.5. The lowest BCUT2D eigenvalue weighted by Crippen LogP contribution is -2.36. The minimum atomic E-state index is -0.794. The van der Waals surface area contributed by atoms with E-state index in [0.717, 1.165) is 5.56 Å². The standard InChI is InChI=1S/C23H24ClN7O2/c1-15-8-9-20(25-12-15)29-22(32)19(10-11-30(2)3)33-23-16-13-28-31(21(16)26-14-27-23)18-7-5-4-6-17(18)24/h4-9,12-14,19H,10-11H2,1-3H3,(H,25,29,32)/t19-/m1/s1. The number of nitrogens with one attached hydrogen (secondary N) is 1. The van der Waals surface area contributed by atoms with E-state index < -0.39 is 6.10 Å². The second kappa shape index (κ2) is 9.93. The van der Waals surface area contributed by atoms with Crippen LogP contribution in [0.1, 0.15) is 12.0 Å². The van der Waals surface area contributed by atoms with E-state index in [1.807, 2.05) is 50.2 Å². The number of carbonyl (C=O) groups excluding carboxylic acids is 1. The summed E-state index contributed by atoms with van der Waals surface area (Å²) in [7, 11) is 3.88. The summed E-state index contributed by atoms with van der Waals surface area (Å²) in [6.07, 6.45) is 4.35. The van der Waals surface area contributed by atoms with Crippen molar-refractivity contribution in [2.75, 3.05) is 26.0 Å². The maximum absolute atomic E-state index is 13.0. The molecule has 0 aliphatic heterocycles. The van der Waals surface area contributed by atoms with Crippen molar-refractivity contribution in [3.63, 3.8) is 0 Å². The smallest absolute Gasteiger partial charge is 0.266 e. The summed E-state index contributed by atoms with van der Waals surface area (Å²) in [6, 6.07) is 11.0. The van der Waals surface area contributed by atoms with Gasteiger partial charge < -0.3 is 15.0 Å². The molecule has 0 radical (unpaired) electrons. The summed E-state index contributed by atoms with van der Waals surface area (Å²) in [5, 5.41) is 8.36. The lowest BCUT2D eigenvalue weighted by atomic mass is 10.2. The van der Waals surface area contributed by atoms with E-state index in [-0.39, 0.29) is 11.8 Å². The first kappa shape index (κ1) is 22.6. The summed E-state index contributed by atoms with van der Waals surface area (Å²) < 4.78 is 7.73. The third-order valence-corrected chi connectivity index (χ3v) is 5.28. The fraction of sp³-hybridized carbons (Fsp3) is 0.261. The van der Waals surface area contributed by atoms with Crippen LogP contribution in [0.4, 0.5) is 5.82 Å². The number of anilines is 1. The number of ether oxygens (including phenoxy) is 1. The van der Waals surface area contributed by atoms with Gasteiger partial charge in [0.15, 0.2) is 11.8 Å². The molecule has 10 heteroatoms. The number of benzene rings is 1. The number of halogens is 1. The van der Waals surface area contributed by atoms with E-state index >= 15 is 0 Å². The van der Waals surface area contributed by atoms with Crippen molar-refractivity contribution in [3.05, 3.63) is 65.7 Å². The number of para-hydroxylation sites is 1. The van der Waals surface area contributed by atoms with Crippen molar-refractivity contribution in [2.24, 2.45) is 0 Å². The fourth-order valence-electron chi connectivity index (χ4n) is 3.22. The molecular weight excluding hydrogens is 442 g/mol. The van der Waals surface area contributed by atoms with Crippen LogP contribution < -0.4 is 10.1 Å². The van der Waals surface area contributed by atoms with Crippen LogP contribution >= 0.6 is 11.6 Å². The zero-order chi connectivity index (χ0) is 23.4. The molecule has 3 aromatic heterocycles. The Kier molecular flexibility index (Phi) is 6.81. The topological polar surface area (TPSA) is 98.1 Å². The van der Waals surface area contributed by atoms with E-state index in [9.17, 15) is 4.79 Å². The lowest BCUT2D eigenvalue weighted by Gasteiger charge is -2.20. The molecule has 0 aliphatic rings. The predicted molar refractivity (Wildman–Crippen MR) is 127 cm³/mol. The van der Waals surface area contributed by atoms with Gasteiger partial charge in [0.05, 0.1) is 16.9 Å². The predicted octanol–water partition coefficient (Wildman–Crippen LogP) is 3.51.